The molecule has 0 saturated heterocycles. The molecule has 5 nitrogen and oxygen atoms in total. The third-order valence-electron chi connectivity index (χ3n) is 4.45. The molecule has 0 bridgehead atoms. The molecule has 0 aliphatic heterocycles. The smallest absolute Gasteiger partial charge is 0.338 e. The molecule has 0 radical (unpaired) electrons. The number of anilines is 1. The van der Waals surface area contributed by atoms with E-state index in [0.29, 0.717) is 22.0 Å². The molecule has 1 aliphatic rings. The van der Waals surface area contributed by atoms with E-state index in [9.17, 15) is 14.9 Å². The molecule has 1 amide bonds. The molecule has 6 heteroatoms. The lowest BCUT2D eigenvalue weighted by Gasteiger charge is -2.08. The molecule has 1 N–H and O–H groups in total. The van der Waals surface area contributed by atoms with Crippen molar-refractivity contribution in [1.29, 1.82) is 5.26 Å². The highest BCUT2D eigenvalue weighted by Gasteiger charge is 2.23. The molecule has 1 aliphatic carbocycles. The summed E-state index contributed by atoms with van der Waals surface area (Å²) in [7, 11) is 0. The number of carbonyl (C=O) groups is 2. The van der Waals surface area contributed by atoms with Crippen LogP contribution in [0.2, 0.25) is 0 Å². The number of benzene rings is 1. The highest BCUT2D eigenvalue weighted by atomic mass is 32.1. The van der Waals surface area contributed by atoms with Crippen molar-refractivity contribution < 1.29 is 14.3 Å². The van der Waals surface area contributed by atoms with Gasteiger partial charge in [-0.15, -0.1) is 11.3 Å². The van der Waals surface area contributed by atoms with E-state index in [2.05, 4.69) is 25.2 Å². The molecule has 1 aromatic carbocycles. The average Bonchev–Trinajstić information content (AvgIpc) is 3.20. The quantitative estimate of drug-likeness (QED) is 0.763. The first-order chi connectivity index (χ1) is 13.0. The number of hydrogen-bond donors (Lipinski definition) is 1. The van der Waals surface area contributed by atoms with Crippen LogP contribution in [0.25, 0.3) is 0 Å². The minimum Gasteiger partial charge on any atom is -0.452 e. The van der Waals surface area contributed by atoms with Gasteiger partial charge in [-0.3, -0.25) is 4.79 Å². The number of thiophene rings is 1. The monoisotopic (exact) mass is 382 g/mol. The Morgan fingerprint density at radius 2 is 2.00 bits per heavy atom. The summed E-state index contributed by atoms with van der Waals surface area (Å²) in [5.74, 6) is -0.421. The molecule has 0 fully saturated rings. The van der Waals surface area contributed by atoms with Gasteiger partial charge in [0, 0.05) is 4.88 Å². The van der Waals surface area contributed by atoms with Crippen LogP contribution in [0.3, 0.4) is 0 Å². The summed E-state index contributed by atoms with van der Waals surface area (Å²) in [6.07, 6.45) is 3.83. The molecule has 0 saturated carbocycles. The highest BCUT2D eigenvalue weighted by molar-refractivity contribution is 7.16. The van der Waals surface area contributed by atoms with Crippen molar-refractivity contribution in [3.63, 3.8) is 0 Å². The van der Waals surface area contributed by atoms with Gasteiger partial charge in [0.25, 0.3) is 5.91 Å². The van der Waals surface area contributed by atoms with Gasteiger partial charge in [0.1, 0.15) is 11.1 Å². The van der Waals surface area contributed by atoms with Gasteiger partial charge in [0.15, 0.2) is 6.61 Å². The molecule has 3 rings (SSSR count). The highest BCUT2D eigenvalue weighted by Crippen LogP contribution is 2.38. The molecule has 1 aromatic heterocycles. The molecule has 0 atom stereocenters. The van der Waals surface area contributed by atoms with E-state index in [4.69, 9.17) is 4.74 Å². The van der Waals surface area contributed by atoms with Crippen LogP contribution in [-0.4, -0.2) is 18.5 Å². The maximum atomic E-state index is 12.1. The van der Waals surface area contributed by atoms with Gasteiger partial charge in [-0.1, -0.05) is 26.0 Å². The number of hydrogen-bond acceptors (Lipinski definition) is 5. The van der Waals surface area contributed by atoms with Gasteiger partial charge in [-0.05, 0) is 54.9 Å². The zero-order valence-corrected chi connectivity index (χ0v) is 16.3. The number of ether oxygens (including phenoxy) is 1. The van der Waals surface area contributed by atoms with E-state index in [-0.39, 0.29) is 6.61 Å². The van der Waals surface area contributed by atoms with E-state index in [1.807, 2.05) is 12.1 Å². The Morgan fingerprint density at radius 1 is 1.26 bits per heavy atom. The Hall–Kier alpha value is -2.65. The van der Waals surface area contributed by atoms with E-state index >= 15 is 0 Å². The third kappa shape index (κ3) is 4.55. The van der Waals surface area contributed by atoms with Crippen LogP contribution in [0.4, 0.5) is 5.00 Å². The van der Waals surface area contributed by atoms with Crippen molar-refractivity contribution in [2.75, 3.05) is 11.9 Å². The van der Waals surface area contributed by atoms with Gasteiger partial charge in [-0.2, -0.15) is 5.26 Å². The van der Waals surface area contributed by atoms with Crippen molar-refractivity contribution in [3.05, 3.63) is 51.4 Å². The van der Waals surface area contributed by atoms with Crippen LogP contribution < -0.4 is 5.32 Å². The van der Waals surface area contributed by atoms with Crippen molar-refractivity contribution in [1.82, 2.24) is 0 Å². The molecule has 0 spiro atoms. The zero-order valence-electron chi connectivity index (χ0n) is 15.5. The lowest BCUT2D eigenvalue weighted by molar-refractivity contribution is -0.119. The van der Waals surface area contributed by atoms with Crippen molar-refractivity contribution in [3.8, 4) is 6.07 Å². The van der Waals surface area contributed by atoms with Gasteiger partial charge in [0.2, 0.25) is 0 Å². The van der Waals surface area contributed by atoms with Crippen LogP contribution in [-0.2, 0) is 28.8 Å². The van der Waals surface area contributed by atoms with E-state index in [1.165, 1.54) is 16.2 Å². The van der Waals surface area contributed by atoms with E-state index < -0.39 is 11.9 Å². The molecule has 1 heterocycles. The second-order valence-electron chi connectivity index (χ2n) is 7.09. The molecule has 0 unspecified atom stereocenters. The summed E-state index contributed by atoms with van der Waals surface area (Å²) < 4.78 is 5.10. The number of fused-ring (bicyclic) bond motifs is 1. The first kappa shape index (κ1) is 19.1. The second-order valence-corrected chi connectivity index (χ2v) is 8.20. The van der Waals surface area contributed by atoms with Crippen molar-refractivity contribution in [2.24, 2.45) is 5.92 Å². The number of aryl methyl sites for hydroxylation is 1. The van der Waals surface area contributed by atoms with Crippen LogP contribution in [0.5, 0.6) is 0 Å². The minimum atomic E-state index is -0.532. The third-order valence-corrected chi connectivity index (χ3v) is 5.66. The van der Waals surface area contributed by atoms with Gasteiger partial charge in [-0.25, -0.2) is 4.79 Å². The summed E-state index contributed by atoms with van der Waals surface area (Å²) in [4.78, 5) is 25.4. The van der Waals surface area contributed by atoms with Gasteiger partial charge >= 0.3 is 5.97 Å². The maximum Gasteiger partial charge on any atom is 0.338 e. The molecule has 140 valence electrons. The SMILES string of the molecule is CC(C)Cc1ccc(C(=O)OCC(=O)Nc2sc3c(c2C#N)CCC3)cc1. The first-order valence-corrected chi connectivity index (χ1v) is 9.90. The second kappa shape index (κ2) is 8.36. The Bertz CT molecular complexity index is 891. The average molecular weight is 382 g/mol. The lowest BCUT2D eigenvalue weighted by Crippen LogP contribution is -2.21. The Labute approximate surface area is 163 Å². The lowest BCUT2D eigenvalue weighted by atomic mass is 10.0. The maximum absolute atomic E-state index is 12.1. The fourth-order valence-corrected chi connectivity index (χ4v) is 4.49. The number of rotatable bonds is 6. The standard InChI is InChI=1S/C21H22N2O3S/c1-13(2)10-14-6-8-15(9-7-14)21(25)26-12-19(24)23-20-17(11-22)16-4-3-5-18(16)27-20/h6-9,13H,3-5,10,12H2,1-2H3,(H,23,24). The summed E-state index contributed by atoms with van der Waals surface area (Å²) in [6, 6.07) is 9.43. The number of nitrogens with one attached hydrogen (secondary N) is 1. The first-order valence-electron chi connectivity index (χ1n) is 9.08. The van der Waals surface area contributed by atoms with Gasteiger partial charge < -0.3 is 10.1 Å². The Balaban J connectivity index is 1.55. The normalized spacial score (nSPS) is 12.5. The summed E-state index contributed by atoms with van der Waals surface area (Å²) in [5, 5.41) is 12.6. The van der Waals surface area contributed by atoms with Gasteiger partial charge in [0.05, 0.1) is 11.1 Å². The van der Waals surface area contributed by atoms with Crippen LogP contribution in [0.1, 0.15) is 52.2 Å². The predicted octanol–water partition coefficient (Wildman–Crippen LogP) is 4.10. The molecule has 27 heavy (non-hydrogen) atoms. The Kier molecular flexibility index (Phi) is 5.92. The van der Waals surface area contributed by atoms with E-state index in [0.717, 1.165) is 36.8 Å². The number of carbonyl (C=O) groups excluding carboxylic acids is 2. The van der Waals surface area contributed by atoms with Crippen molar-refractivity contribution in [2.45, 2.75) is 39.5 Å². The van der Waals surface area contributed by atoms with Crippen LogP contribution >= 0.6 is 11.3 Å². The summed E-state index contributed by atoms with van der Waals surface area (Å²) in [5.41, 5.74) is 3.18. The minimum absolute atomic E-state index is 0.375. The number of nitrogens with zero attached hydrogens (tertiary/aromatic N) is 1. The largest absolute Gasteiger partial charge is 0.452 e. The number of amides is 1. The number of esters is 1. The topological polar surface area (TPSA) is 79.2 Å². The Morgan fingerprint density at radius 3 is 2.67 bits per heavy atom. The van der Waals surface area contributed by atoms with E-state index in [1.54, 1.807) is 12.1 Å². The zero-order chi connectivity index (χ0) is 19.4. The fourth-order valence-electron chi connectivity index (χ4n) is 3.24. The molecular weight excluding hydrogens is 360 g/mol. The predicted molar refractivity (Wildman–Crippen MR) is 105 cm³/mol. The molecular formula is C21H22N2O3S. The van der Waals surface area contributed by atoms with Crippen LogP contribution in [0, 0.1) is 17.2 Å². The van der Waals surface area contributed by atoms with Crippen molar-refractivity contribution >= 4 is 28.2 Å². The van der Waals surface area contributed by atoms with Crippen LogP contribution in [0.15, 0.2) is 24.3 Å². The summed E-state index contributed by atoms with van der Waals surface area (Å²) in [6.45, 7) is 3.90. The number of nitriles is 1. The fraction of sp³-hybridized carbons (Fsp3) is 0.381. The summed E-state index contributed by atoms with van der Waals surface area (Å²) >= 11 is 1.44. The molecule has 2 aromatic rings.